The third-order valence-corrected chi connectivity index (χ3v) is 5.07. The van der Waals surface area contributed by atoms with Crippen LogP contribution >= 0.6 is 0 Å². The van der Waals surface area contributed by atoms with Crippen molar-refractivity contribution in [1.29, 1.82) is 0 Å². The van der Waals surface area contributed by atoms with Crippen LogP contribution in [0.25, 0.3) is 0 Å². The largest absolute Gasteiger partial charge is 0.399 e. The van der Waals surface area contributed by atoms with E-state index in [9.17, 15) is 0 Å². The van der Waals surface area contributed by atoms with Gasteiger partial charge in [0.1, 0.15) is 0 Å². The van der Waals surface area contributed by atoms with Crippen molar-refractivity contribution in [3.63, 3.8) is 0 Å². The molecule has 2 heteroatoms. The van der Waals surface area contributed by atoms with Crippen LogP contribution in [0.3, 0.4) is 0 Å². The lowest BCUT2D eigenvalue weighted by Crippen LogP contribution is -2.34. The van der Waals surface area contributed by atoms with E-state index in [0.29, 0.717) is 10.8 Å². The zero-order valence-corrected chi connectivity index (χ0v) is 12.2. The normalized spacial score (nSPS) is 27.4. The molecule has 0 spiro atoms. The molecule has 2 aliphatic carbocycles. The van der Waals surface area contributed by atoms with Crippen LogP contribution in [0.15, 0.2) is 24.3 Å². The van der Waals surface area contributed by atoms with Crippen LogP contribution in [0, 0.1) is 5.41 Å². The van der Waals surface area contributed by atoms with Gasteiger partial charge in [0.15, 0.2) is 0 Å². The van der Waals surface area contributed by atoms with Crippen molar-refractivity contribution in [3.8, 4) is 0 Å². The highest BCUT2D eigenvalue weighted by molar-refractivity contribution is 5.43. The second-order valence-corrected chi connectivity index (χ2v) is 7.39. The Hall–Kier alpha value is -1.02. The molecule has 0 saturated heterocycles. The van der Waals surface area contributed by atoms with E-state index in [0.717, 1.165) is 18.3 Å². The number of hydrogen-bond acceptors (Lipinski definition) is 2. The maximum absolute atomic E-state index is 5.78. The van der Waals surface area contributed by atoms with E-state index in [1.165, 1.54) is 37.7 Å². The molecule has 1 aromatic carbocycles. The summed E-state index contributed by atoms with van der Waals surface area (Å²) in [5, 5.41) is 3.82. The Balaban J connectivity index is 1.59. The summed E-state index contributed by atoms with van der Waals surface area (Å²) in [6.45, 7) is 5.92. The Morgan fingerprint density at radius 2 is 1.84 bits per heavy atom. The number of nitrogens with two attached hydrogens (primary N) is 1. The van der Waals surface area contributed by atoms with E-state index >= 15 is 0 Å². The molecule has 0 amide bonds. The summed E-state index contributed by atoms with van der Waals surface area (Å²) in [6, 6.07) is 9.22. The molecule has 0 radical (unpaired) electrons. The van der Waals surface area contributed by atoms with E-state index in [2.05, 4.69) is 31.3 Å². The van der Waals surface area contributed by atoms with Gasteiger partial charge in [-0.2, -0.15) is 0 Å². The summed E-state index contributed by atoms with van der Waals surface area (Å²) >= 11 is 0. The van der Waals surface area contributed by atoms with Crippen LogP contribution in [-0.4, -0.2) is 12.6 Å². The number of nitrogens with one attached hydrogen (secondary N) is 1. The lowest BCUT2D eigenvalue weighted by atomic mass is 9.91. The third-order valence-electron chi connectivity index (χ3n) is 5.07. The molecule has 0 aliphatic heterocycles. The molecule has 2 aliphatic rings. The van der Waals surface area contributed by atoms with Gasteiger partial charge in [0, 0.05) is 23.7 Å². The lowest BCUT2D eigenvalue weighted by Gasteiger charge is -2.22. The minimum Gasteiger partial charge on any atom is -0.399 e. The molecule has 3 rings (SSSR count). The average molecular weight is 258 g/mol. The molecule has 2 nitrogen and oxygen atoms in total. The SMILES string of the molecule is CC1(C)CCC(NCC2(c3ccc(N)cc3)CC2)C1. The summed E-state index contributed by atoms with van der Waals surface area (Å²) < 4.78 is 0. The minimum absolute atomic E-state index is 0.403. The van der Waals surface area contributed by atoms with Gasteiger partial charge in [0.2, 0.25) is 0 Å². The van der Waals surface area contributed by atoms with Crippen LogP contribution in [0.1, 0.15) is 51.5 Å². The molecule has 1 atom stereocenters. The van der Waals surface area contributed by atoms with Crippen molar-refractivity contribution in [2.45, 2.75) is 57.4 Å². The van der Waals surface area contributed by atoms with Gasteiger partial charge in [-0.15, -0.1) is 0 Å². The number of rotatable bonds is 4. The summed E-state index contributed by atoms with van der Waals surface area (Å²) in [6.07, 6.45) is 6.66. The molecule has 2 saturated carbocycles. The number of nitrogen functional groups attached to an aromatic ring is 1. The lowest BCUT2D eigenvalue weighted by molar-refractivity contribution is 0.361. The average Bonchev–Trinajstić information content (AvgIpc) is 3.07. The molecule has 1 unspecified atom stereocenters. The quantitative estimate of drug-likeness (QED) is 0.812. The molecule has 104 valence electrons. The van der Waals surface area contributed by atoms with Crippen molar-refractivity contribution in [3.05, 3.63) is 29.8 Å². The molecule has 0 heterocycles. The molecule has 1 aromatic rings. The van der Waals surface area contributed by atoms with Crippen LogP contribution in [0.2, 0.25) is 0 Å². The van der Waals surface area contributed by atoms with E-state index in [4.69, 9.17) is 5.73 Å². The second kappa shape index (κ2) is 4.52. The number of hydrogen-bond donors (Lipinski definition) is 2. The summed E-state index contributed by atoms with van der Waals surface area (Å²) in [5.74, 6) is 0. The first-order chi connectivity index (χ1) is 8.99. The summed E-state index contributed by atoms with van der Waals surface area (Å²) in [5.41, 5.74) is 9.05. The van der Waals surface area contributed by atoms with Crippen molar-refractivity contribution in [2.24, 2.45) is 5.41 Å². The highest BCUT2D eigenvalue weighted by atomic mass is 14.9. The molecular formula is C17H26N2. The van der Waals surface area contributed by atoms with Crippen molar-refractivity contribution >= 4 is 5.69 Å². The van der Waals surface area contributed by atoms with Crippen molar-refractivity contribution < 1.29 is 0 Å². The van der Waals surface area contributed by atoms with Crippen LogP contribution < -0.4 is 11.1 Å². The molecule has 0 bridgehead atoms. The predicted molar refractivity (Wildman–Crippen MR) is 81.2 cm³/mol. The van der Waals surface area contributed by atoms with Gasteiger partial charge in [-0.1, -0.05) is 26.0 Å². The third kappa shape index (κ3) is 2.79. The number of benzene rings is 1. The first-order valence-electron chi connectivity index (χ1n) is 7.59. The maximum atomic E-state index is 5.78. The molecule has 2 fully saturated rings. The van der Waals surface area contributed by atoms with E-state index in [-0.39, 0.29) is 0 Å². The van der Waals surface area contributed by atoms with E-state index in [1.54, 1.807) is 0 Å². The first-order valence-corrected chi connectivity index (χ1v) is 7.59. The van der Waals surface area contributed by atoms with Crippen LogP contribution in [0.5, 0.6) is 0 Å². The van der Waals surface area contributed by atoms with Crippen LogP contribution in [-0.2, 0) is 5.41 Å². The molecule has 0 aromatic heterocycles. The highest BCUT2D eigenvalue weighted by Gasteiger charge is 2.44. The second-order valence-electron chi connectivity index (χ2n) is 7.39. The van der Waals surface area contributed by atoms with Crippen molar-refractivity contribution in [2.75, 3.05) is 12.3 Å². The van der Waals surface area contributed by atoms with E-state index < -0.39 is 0 Å². The zero-order valence-electron chi connectivity index (χ0n) is 12.2. The topological polar surface area (TPSA) is 38.0 Å². The van der Waals surface area contributed by atoms with Gasteiger partial charge in [0.05, 0.1) is 0 Å². The van der Waals surface area contributed by atoms with Gasteiger partial charge in [0.25, 0.3) is 0 Å². The fraction of sp³-hybridized carbons (Fsp3) is 0.647. The summed E-state index contributed by atoms with van der Waals surface area (Å²) in [4.78, 5) is 0. The first kappa shape index (κ1) is 13.0. The Morgan fingerprint density at radius 3 is 2.37 bits per heavy atom. The number of anilines is 1. The fourth-order valence-electron chi connectivity index (χ4n) is 3.51. The predicted octanol–water partition coefficient (Wildman–Crippen LogP) is 3.47. The fourth-order valence-corrected chi connectivity index (χ4v) is 3.51. The minimum atomic E-state index is 0.403. The Morgan fingerprint density at radius 1 is 1.16 bits per heavy atom. The van der Waals surface area contributed by atoms with Crippen molar-refractivity contribution in [1.82, 2.24) is 5.32 Å². The van der Waals surface area contributed by atoms with Gasteiger partial charge in [-0.3, -0.25) is 0 Å². The molecule has 3 N–H and O–H groups in total. The zero-order chi connectivity index (χ0) is 13.5. The van der Waals surface area contributed by atoms with Gasteiger partial charge >= 0.3 is 0 Å². The van der Waals surface area contributed by atoms with E-state index in [1.807, 2.05) is 12.1 Å². The highest BCUT2D eigenvalue weighted by Crippen LogP contribution is 2.48. The molecule has 19 heavy (non-hydrogen) atoms. The summed E-state index contributed by atoms with van der Waals surface area (Å²) in [7, 11) is 0. The monoisotopic (exact) mass is 258 g/mol. The van der Waals surface area contributed by atoms with Crippen LogP contribution in [0.4, 0.5) is 5.69 Å². The Labute approximate surface area is 116 Å². The van der Waals surface area contributed by atoms with Gasteiger partial charge in [-0.05, 0) is 55.2 Å². The van der Waals surface area contributed by atoms with Gasteiger partial charge < -0.3 is 11.1 Å². The standard InChI is InChI=1S/C17H26N2/c1-16(2)8-7-15(11-16)19-12-17(9-10-17)13-3-5-14(18)6-4-13/h3-6,15,19H,7-12,18H2,1-2H3. The Kier molecular flexibility index (Phi) is 3.09. The Bertz CT molecular complexity index is 443. The smallest absolute Gasteiger partial charge is 0.0314 e. The maximum Gasteiger partial charge on any atom is 0.0314 e. The van der Waals surface area contributed by atoms with Gasteiger partial charge in [-0.25, -0.2) is 0 Å². The molecular weight excluding hydrogens is 232 g/mol.